The van der Waals surface area contributed by atoms with Crippen molar-refractivity contribution in [2.24, 2.45) is 0 Å². The zero-order valence-corrected chi connectivity index (χ0v) is 10.1. The van der Waals surface area contributed by atoms with Crippen LogP contribution in [-0.2, 0) is 0 Å². The van der Waals surface area contributed by atoms with E-state index in [0.717, 1.165) is 0 Å². The third-order valence-corrected chi connectivity index (χ3v) is 2.44. The highest BCUT2D eigenvalue weighted by Gasteiger charge is 2.15. The van der Waals surface area contributed by atoms with Crippen molar-refractivity contribution in [1.29, 1.82) is 5.26 Å². The highest BCUT2D eigenvalue weighted by Crippen LogP contribution is 2.25. The van der Waals surface area contributed by atoms with E-state index in [-0.39, 0.29) is 0 Å². The Balaban J connectivity index is 2.97. The zero-order chi connectivity index (χ0) is 11.5. The number of hydrogen-bond acceptors (Lipinski definition) is 2. The molecule has 1 aromatic rings. The van der Waals surface area contributed by atoms with Gasteiger partial charge in [0.15, 0.2) is 5.60 Å². The Morgan fingerprint density at radius 1 is 1.47 bits per heavy atom. The van der Waals surface area contributed by atoms with E-state index in [1.165, 1.54) is 0 Å². The van der Waals surface area contributed by atoms with E-state index in [9.17, 15) is 0 Å². The fourth-order valence-electron chi connectivity index (χ4n) is 0.974. The Morgan fingerprint density at radius 2 is 2.13 bits per heavy atom. The van der Waals surface area contributed by atoms with E-state index in [0.29, 0.717) is 15.8 Å². The monoisotopic (exact) mass is 263 g/mol. The van der Waals surface area contributed by atoms with Gasteiger partial charge in [-0.15, -0.1) is 6.42 Å². The Hall–Kier alpha value is -1.45. The van der Waals surface area contributed by atoms with Crippen molar-refractivity contribution in [2.45, 2.75) is 19.4 Å². The molecule has 0 aliphatic heterocycles. The van der Waals surface area contributed by atoms with Crippen molar-refractivity contribution in [3.8, 4) is 24.2 Å². The predicted octanol–water partition coefficient (Wildman–Crippen LogP) is 3.11. The molecule has 0 saturated heterocycles. The highest BCUT2D eigenvalue weighted by atomic mass is 79.9. The van der Waals surface area contributed by atoms with Gasteiger partial charge in [-0.2, -0.15) is 5.26 Å². The molecule has 0 atom stereocenters. The first-order valence-electron chi connectivity index (χ1n) is 4.35. The molecule has 0 fully saturated rings. The molecule has 0 amide bonds. The molecule has 0 aliphatic carbocycles. The Morgan fingerprint density at radius 3 is 2.60 bits per heavy atom. The molecule has 0 N–H and O–H groups in total. The normalized spacial score (nSPS) is 10.2. The third kappa shape index (κ3) is 3.01. The summed E-state index contributed by atoms with van der Waals surface area (Å²) < 4.78 is 6.26. The average molecular weight is 264 g/mol. The van der Waals surface area contributed by atoms with Gasteiger partial charge in [0.1, 0.15) is 11.8 Å². The third-order valence-electron chi connectivity index (χ3n) is 1.78. The van der Waals surface area contributed by atoms with E-state index in [2.05, 4.69) is 27.9 Å². The standard InChI is InChI=1S/C12H10BrNO/c1-4-12(2,3)15-10-6-5-9(8-14)11(13)7-10/h1,5-7H,2-3H3. The van der Waals surface area contributed by atoms with Gasteiger partial charge in [-0.05, 0) is 48.0 Å². The molecule has 1 rings (SSSR count). The van der Waals surface area contributed by atoms with Crippen LogP contribution >= 0.6 is 15.9 Å². The van der Waals surface area contributed by atoms with Gasteiger partial charge in [-0.25, -0.2) is 0 Å². The van der Waals surface area contributed by atoms with Crippen molar-refractivity contribution < 1.29 is 4.74 Å². The van der Waals surface area contributed by atoms with Crippen molar-refractivity contribution >= 4 is 15.9 Å². The molecular formula is C12H10BrNO. The fourth-order valence-corrected chi connectivity index (χ4v) is 1.42. The van der Waals surface area contributed by atoms with Crippen LogP contribution in [-0.4, -0.2) is 5.60 Å². The van der Waals surface area contributed by atoms with Crippen molar-refractivity contribution in [1.82, 2.24) is 0 Å². The molecule has 15 heavy (non-hydrogen) atoms. The van der Waals surface area contributed by atoms with Crippen molar-refractivity contribution in [3.63, 3.8) is 0 Å². The summed E-state index contributed by atoms with van der Waals surface area (Å²) in [6.07, 6.45) is 5.31. The summed E-state index contributed by atoms with van der Waals surface area (Å²) in [5, 5.41) is 8.73. The van der Waals surface area contributed by atoms with E-state index in [1.807, 2.05) is 0 Å². The number of terminal acetylenes is 1. The summed E-state index contributed by atoms with van der Waals surface area (Å²) >= 11 is 3.28. The number of ether oxygens (including phenoxy) is 1. The van der Waals surface area contributed by atoms with Crippen LogP contribution in [0, 0.1) is 23.7 Å². The van der Waals surface area contributed by atoms with Crippen LogP contribution in [0.1, 0.15) is 19.4 Å². The van der Waals surface area contributed by atoms with Crippen molar-refractivity contribution in [2.75, 3.05) is 0 Å². The number of benzene rings is 1. The first kappa shape index (κ1) is 11.6. The molecule has 0 heterocycles. The van der Waals surface area contributed by atoms with Crippen LogP contribution in [0.5, 0.6) is 5.75 Å². The van der Waals surface area contributed by atoms with Gasteiger partial charge in [-0.3, -0.25) is 0 Å². The lowest BCUT2D eigenvalue weighted by molar-refractivity contribution is 0.172. The minimum atomic E-state index is -0.645. The lowest BCUT2D eigenvalue weighted by atomic mass is 10.1. The van der Waals surface area contributed by atoms with Gasteiger partial charge < -0.3 is 4.74 Å². The number of nitrogens with zero attached hydrogens (tertiary/aromatic N) is 1. The van der Waals surface area contributed by atoms with Gasteiger partial charge in [0.25, 0.3) is 0 Å². The molecular weight excluding hydrogens is 254 g/mol. The van der Waals surface area contributed by atoms with Crippen LogP contribution in [0.4, 0.5) is 0 Å². The molecule has 0 bridgehead atoms. The maximum Gasteiger partial charge on any atom is 0.163 e. The van der Waals surface area contributed by atoms with Crippen LogP contribution in [0.25, 0.3) is 0 Å². The number of nitriles is 1. The highest BCUT2D eigenvalue weighted by molar-refractivity contribution is 9.10. The minimum Gasteiger partial charge on any atom is -0.475 e. The first-order valence-corrected chi connectivity index (χ1v) is 5.14. The summed E-state index contributed by atoms with van der Waals surface area (Å²) in [7, 11) is 0. The average Bonchev–Trinajstić information content (AvgIpc) is 2.17. The van der Waals surface area contributed by atoms with Crippen LogP contribution in [0.2, 0.25) is 0 Å². The topological polar surface area (TPSA) is 33.0 Å². The SMILES string of the molecule is C#CC(C)(C)Oc1ccc(C#N)c(Br)c1. The van der Waals surface area contributed by atoms with E-state index < -0.39 is 5.60 Å². The first-order chi connectivity index (χ1) is 6.98. The second kappa shape index (κ2) is 4.38. The largest absolute Gasteiger partial charge is 0.475 e. The lowest BCUT2D eigenvalue weighted by Gasteiger charge is -2.20. The molecule has 0 spiro atoms. The van der Waals surface area contributed by atoms with E-state index in [1.54, 1.807) is 32.0 Å². The molecule has 0 radical (unpaired) electrons. The van der Waals surface area contributed by atoms with Crippen LogP contribution < -0.4 is 4.74 Å². The molecule has 2 nitrogen and oxygen atoms in total. The molecule has 3 heteroatoms. The maximum absolute atomic E-state index is 8.73. The smallest absolute Gasteiger partial charge is 0.163 e. The lowest BCUT2D eigenvalue weighted by Crippen LogP contribution is -2.25. The molecule has 1 aromatic carbocycles. The minimum absolute atomic E-state index is 0.570. The maximum atomic E-state index is 8.73. The molecule has 0 aliphatic rings. The predicted molar refractivity (Wildman–Crippen MR) is 62.4 cm³/mol. The molecule has 76 valence electrons. The second-order valence-corrected chi connectivity index (χ2v) is 4.36. The molecule has 0 saturated carbocycles. The number of rotatable bonds is 2. The summed E-state index contributed by atoms with van der Waals surface area (Å²) in [4.78, 5) is 0. The Bertz CT molecular complexity index is 452. The van der Waals surface area contributed by atoms with E-state index >= 15 is 0 Å². The summed E-state index contributed by atoms with van der Waals surface area (Å²) in [5.41, 5.74) is -0.0750. The molecule has 0 aromatic heterocycles. The van der Waals surface area contributed by atoms with Gasteiger partial charge in [0, 0.05) is 4.47 Å². The second-order valence-electron chi connectivity index (χ2n) is 3.51. The van der Waals surface area contributed by atoms with Crippen LogP contribution in [0.15, 0.2) is 22.7 Å². The summed E-state index contributed by atoms with van der Waals surface area (Å²) in [6, 6.07) is 7.20. The van der Waals surface area contributed by atoms with Gasteiger partial charge in [0.2, 0.25) is 0 Å². The Labute approximate surface area is 98.0 Å². The van der Waals surface area contributed by atoms with Crippen molar-refractivity contribution in [3.05, 3.63) is 28.2 Å². The van der Waals surface area contributed by atoms with Gasteiger partial charge in [0.05, 0.1) is 5.56 Å². The quantitative estimate of drug-likeness (QED) is 0.769. The molecule has 0 unspecified atom stereocenters. The van der Waals surface area contributed by atoms with Gasteiger partial charge >= 0.3 is 0 Å². The number of hydrogen-bond donors (Lipinski definition) is 0. The van der Waals surface area contributed by atoms with E-state index in [4.69, 9.17) is 16.4 Å². The Kier molecular flexibility index (Phi) is 3.39. The zero-order valence-electron chi connectivity index (χ0n) is 8.54. The van der Waals surface area contributed by atoms with Crippen LogP contribution in [0.3, 0.4) is 0 Å². The summed E-state index contributed by atoms with van der Waals surface area (Å²) in [5.74, 6) is 3.18. The fraction of sp³-hybridized carbons (Fsp3) is 0.250. The van der Waals surface area contributed by atoms with Gasteiger partial charge in [-0.1, -0.05) is 5.92 Å². The number of halogens is 1. The summed E-state index contributed by atoms with van der Waals surface area (Å²) in [6.45, 7) is 3.61.